The van der Waals surface area contributed by atoms with Crippen LogP contribution in [0.2, 0.25) is 0 Å². The number of carbonyl (C=O) groups is 1. The molecule has 2 heterocycles. The van der Waals surface area contributed by atoms with Gasteiger partial charge in [0.15, 0.2) is 0 Å². The highest BCUT2D eigenvalue weighted by Gasteiger charge is 2.44. The Hall–Kier alpha value is -2.09. The highest BCUT2D eigenvalue weighted by molar-refractivity contribution is 9.10. The standard InChI is InChI=1S/C25H21Br2N3OS/c1-15-24(32-14-28-15)25(31)30-23(17-7-11-20(27)12-8-17)21-4-2-3-18(22(21)29-30)13-16-5-9-19(26)10-6-16/h5-14,21,23H,2-4H2,1H3/b18-13-/t21-,23+/m0/s1. The fourth-order valence-corrected chi connectivity index (χ4v) is 5.80. The molecule has 1 amide bonds. The Balaban J connectivity index is 1.58. The van der Waals surface area contributed by atoms with Gasteiger partial charge in [0.05, 0.1) is 23.0 Å². The van der Waals surface area contributed by atoms with Crippen molar-refractivity contribution in [2.24, 2.45) is 11.0 Å². The van der Waals surface area contributed by atoms with Gasteiger partial charge in [-0.2, -0.15) is 5.10 Å². The van der Waals surface area contributed by atoms with Crippen molar-refractivity contribution in [3.8, 4) is 0 Å². The van der Waals surface area contributed by atoms with Gasteiger partial charge in [-0.3, -0.25) is 4.79 Å². The molecule has 7 heteroatoms. The molecule has 32 heavy (non-hydrogen) atoms. The lowest BCUT2D eigenvalue weighted by molar-refractivity contribution is 0.0685. The number of hydrazone groups is 1. The first-order chi connectivity index (χ1) is 15.5. The summed E-state index contributed by atoms with van der Waals surface area (Å²) in [6.45, 7) is 1.88. The van der Waals surface area contributed by atoms with Crippen LogP contribution in [0, 0.1) is 12.8 Å². The first-order valence-electron chi connectivity index (χ1n) is 10.6. The van der Waals surface area contributed by atoms with Gasteiger partial charge in [0.2, 0.25) is 0 Å². The van der Waals surface area contributed by atoms with E-state index in [2.05, 4.69) is 79.3 Å². The fraction of sp³-hybridized carbons (Fsp3) is 0.240. The van der Waals surface area contributed by atoms with E-state index in [-0.39, 0.29) is 17.9 Å². The van der Waals surface area contributed by atoms with Crippen LogP contribution < -0.4 is 0 Å². The van der Waals surface area contributed by atoms with Crippen LogP contribution in [0.4, 0.5) is 0 Å². The maximum Gasteiger partial charge on any atom is 0.286 e. The van der Waals surface area contributed by atoms with Crippen molar-refractivity contribution in [1.29, 1.82) is 0 Å². The minimum atomic E-state index is -0.110. The van der Waals surface area contributed by atoms with Crippen LogP contribution in [0.25, 0.3) is 6.08 Å². The maximum absolute atomic E-state index is 13.6. The highest BCUT2D eigenvalue weighted by atomic mass is 79.9. The highest BCUT2D eigenvalue weighted by Crippen LogP contribution is 2.45. The van der Waals surface area contributed by atoms with Crippen molar-refractivity contribution in [3.63, 3.8) is 0 Å². The SMILES string of the molecule is Cc1ncsc1C(=O)N1N=C2/C(=C\c3ccc(Br)cc3)CCC[C@@H]2[C@H]1c1ccc(Br)cc1. The van der Waals surface area contributed by atoms with E-state index < -0.39 is 0 Å². The second-order valence-corrected chi connectivity index (χ2v) is 10.8. The van der Waals surface area contributed by atoms with Crippen LogP contribution in [0.3, 0.4) is 0 Å². The molecule has 1 fully saturated rings. The van der Waals surface area contributed by atoms with Gasteiger partial charge >= 0.3 is 0 Å². The normalized spacial score (nSPS) is 21.5. The van der Waals surface area contributed by atoms with E-state index in [1.165, 1.54) is 16.9 Å². The zero-order valence-electron chi connectivity index (χ0n) is 17.5. The van der Waals surface area contributed by atoms with Crippen LogP contribution in [0.1, 0.15) is 51.8 Å². The molecule has 1 saturated carbocycles. The Morgan fingerprint density at radius 2 is 1.78 bits per heavy atom. The summed E-state index contributed by atoms with van der Waals surface area (Å²) >= 11 is 8.42. The van der Waals surface area contributed by atoms with Crippen molar-refractivity contribution >= 4 is 60.9 Å². The number of allylic oxidation sites excluding steroid dienone is 1. The van der Waals surface area contributed by atoms with Crippen LogP contribution in [0.15, 0.2) is 73.7 Å². The third-order valence-corrected chi connectivity index (χ3v) is 8.05. The number of aromatic nitrogens is 1. The monoisotopic (exact) mass is 569 g/mol. The molecule has 0 saturated heterocycles. The van der Waals surface area contributed by atoms with Gasteiger partial charge < -0.3 is 0 Å². The minimum absolute atomic E-state index is 0.0668. The number of fused-ring (bicyclic) bond motifs is 1. The molecule has 1 aliphatic carbocycles. The number of aryl methyl sites for hydroxylation is 1. The van der Waals surface area contributed by atoms with Gasteiger partial charge in [0.25, 0.3) is 5.91 Å². The number of halogens is 2. The lowest BCUT2D eigenvalue weighted by Gasteiger charge is -2.29. The molecule has 162 valence electrons. The number of rotatable bonds is 3. The molecular formula is C25H21Br2N3OS. The van der Waals surface area contributed by atoms with Gasteiger partial charge in [-0.1, -0.05) is 56.1 Å². The van der Waals surface area contributed by atoms with Crippen molar-refractivity contribution in [3.05, 3.63) is 90.3 Å². The molecule has 4 nitrogen and oxygen atoms in total. The number of benzene rings is 2. The number of amides is 1. The molecule has 0 unspecified atom stereocenters. The summed E-state index contributed by atoms with van der Waals surface area (Å²) in [6.07, 6.45) is 5.30. The molecule has 2 atom stereocenters. The molecule has 0 radical (unpaired) electrons. The van der Waals surface area contributed by atoms with Gasteiger partial charge in [0.1, 0.15) is 4.88 Å². The molecule has 0 N–H and O–H groups in total. The lowest BCUT2D eigenvalue weighted by Crippen LogP contribution is -2.31. The molecule has 2 aliphatic rings. The van der Waals surface area contributed by atoms with E-state index in [0.717, 1.165) is 50.7 Å². The molecular weight excluding hydrogens is 550 g/mol. The Kier molecular flexibility index (Phi) is 6.14. The van der Waals surface area contributed by atoms with Crippen LogP contribution in [-0.4, -0.2) is 21.6 Å². The number of carbonyl (C=O) groups excluding carboxylic acids is 1. The van der Waals surface area contributed by atoms with E-state index in [4.69, 9.17) is 5.10 Å². The average Bonchev–Trinajstić information content (AvgIpc) is 3.40. The van der Waals surface area contributed by atoms with E-state index in [1.807, 2.05) is 19.1 Å². The van der Waals surface area contributed by atoms with Crippen LogP contribution >= 0.6 is 43.2 Å². The largest absolute Gasteiger partial charge is 0.286 e. The summed E-state index contributed by atoms with van der Waals surface area (Å²) in [4.78, 5) is 18.5. The van der Waals surface area contributed by atoms with E-state index in [0.29, 0.717) is 4.88 Å². The number of thiazole rings is 1. The fourth-order valence-electron chi connectivity index (χ4n) is 4.53. The number of hydrogen-bond acceptors (Lipinski definition) is 4. The zero-order valence-corrected chi connectivity index (χ0v) is 21.5. The average molecular weight is 571 g/mol. The molecule has 5 rings (SSSR count). The van der Waals surface area contributed by atoms with Gasteiger partial charge in [-0.05, 0) is 73.2 Å². The van der Waals surface area contributed by atoms with Crippen LogP contribution in [0.5, 0.6) is 0 Å². The first kappa shape index (κ1) is 21.7. The van der Waals surface area contributed by atoms with Gasteiger partial charge in [-0.15, -0.1) is 11.3 Å². The smallest absolute Gasteiger partial charge is 0.266 e. The summed E-state index contributed by atoms with van der Waals surface area (Å²) < 4.78 is 2.09. The topological polar surface area (TPSA) is 45.6 Å². The second-order valence-electron chi connectivity index (χ2n) is 8.12. The Morgan fingerprint density at radius 1 is 1.09 bits per heavy atom. The predicted octanol–water partition coefficient (Wildman–Crippen LogP) is 7.41. The van der Waals surface area contributed by atoms with E-state index in [1.54, 1.807) is 10.5 Å². The molecule has 0 spiro atoms. The third kappa shape index (κ3) is 4.14. The summed E-state index contributed by atoms with van der Waals surface area (Å²) in [5.74, 6) is 0.117. The van der Waals surface area contributed by atoms with E-state index in [9.17, 15) is 4.79 Å². The molecule has 1 aromatic heterocycles. The Morgan fingerprint density at radius 3 is 2.44 bits per heavy atom. The van der Waals surface area contributed by atoms with Crippen molar-refractivity contribution in [1.82, 2.24) is 9.99 Å². The predicted molar refractivity (Wildman–Crippen MR) is 137 cm³/mol. The van der Waals surface area contributed by atoms with Gasteiger partial charge in [-0.25, -0.2) is 9.99 Å². The summed E-state index contributed by atoms with van der Waals surface area (Å²) in [6, 6.07) is 16.5. The summed E-state index contributed by atoms with van der Waals surface area (Å²) in [7, 11) is 0. The number of nitrogens with zero attached hydrogens (tertiary/aromatic N) is 3. The molecule has 2 aromatic carbocycles. The molecule has 0 bridgehead atoms. The summed E-state index contributed by atoms with van der Waals surface area (Å²) in [5, 5.41) is 6.69. The first-order valence-corrected chi connectivity index (χ1v) is 13.0. The molecule has 3 aromatic rings. The van der Waals surface area contributed by atoms with E-state index >= 15 is 0 Å². The zero-order chi connectivity index (χ0) is 22.2. The minimum Gasteiger partial charge on any atom is -0.266 e. The van der Waals surface area contributed by atoms with Crippen molar-refractivity contribution in [2.45, 2.75) is 32.2 Å². The maximum atomic E-state index is 13.6. The van der Waals surface area contributed by atoms with Crippen molar-refractivity contribution in [2.75, 3.05) is 0 Å². The van der Waals surface area contributed by atoms with Crippen LogP contribution in [-0.2, 0) is 0 Å². The Labute approximate surface area is 208 Å². The quantitative estimate of drug-likeness (QED) is 0.329. The summed E-state index contributed by atoms with van der Waals surface area (Å²) in [5.41, 5.74) is 7.01. The van der Waals surface area contributed by atoms with Crippen molar-refractivity contribution < 1.29 is 4.79 Å². The third-order valence-electron chi connectivity index (χ3n) is 6.07. The molecule has 1 aliphatic heterocycles. The Bertz CT molecular complexity index is 1210. The number of hydrogen-bond donors (Lipinski definition) is 0. The van der Waals surface area contributed by atoms with Gasteiger partial charge in [0, 0.05) is 14.9 Å². The lowest BCUT2D eigenvalue weighted by atomic mass is 9.77. The second kappa shape index (κ2) is 9.04.